The number of fused-ring (bicyclic) bond motifs is 3. The van der Waals surface area contributed by atoms with Gasteiger partial charge in [0, 0.05) is 23.1 Å². The largest absolute Gasteiger partial charge is 0.459 e. The minimum atomic E-state index is -0.644. The molecule has 10 rings (SSSR count). The maximum absolute atomic E-state index is 14.3. The lowest BCUT2D eigenvalue weighted by atomic mass is 9.59. The lowest BCUT2D eigenvalue weighted by Crippen LogP contribution is -2.52. The smallest absolute Gasteiger partial charge is 0.316 e. The van der Waals surface area contributed by atoms with Gasteiger partial charge < -0.3 is 14.4 Å². The first kappa shape index (κ1) is 27.7. The van der Waals surface area contributed by atoms with Crippen LogP contribution in [-0.4, -0.2) is 51.4 Å². The van der Waals surface area contributed by atoms with Crippen LogP contribution in [0.2, 0.25) is 0 Å². The molecule has 45 heavy (non-hydrogen) atoms. The first-order chi connectivity index (χ1) is 21.9. The molecule has 7 atom stereocenters. The third kappa shape index (κ3) is 3.92. The molecule has 3 aromatic carbocycles. The molecule has 1 amide bonds. The highest BCUT2D eigenvalue weighted by atomic mass is 32.2. The summed E-state index contributed by atoms with van der Waals surface area (Å²) in [5.41, 5.74) is 7.40. The molecule has 3 heterocycles. The minimum Gasteiger partial charge on any atom is -0.459 e. The number of ether oxygens (including phenoxy) is 2. The third-order valence-electron chi connectivity index (χ3n) is 11.5. The molecule has 7 unspecified atom stereocenters. The van der Waals surface area contributed by atoms with Crippen molar-refractivity contribution in [2.75, 3.05) is 0 Å². The number of rotatable bonds is 5. The van der Waals surface area contributed by atoms with E-state index in [0.717, 1.165) is 31.2 Å². The van der Waals surface area contributed by atoms with Gasteiger partial charge in [0.1, 0.15) is 11.9 Å². The molecular formula is C38H37NO5S. The molecule has 230 valence electrons. The van der Waals surface area contributed by atoms with Crippen LogP contribution in [-0.2, 0) is 32.0 Å². The van der Waals surface area contributed by atoms with Crippen LogP contribution in [0, 0.1) is 17.8 Å². The first-order valence-electron chi connectivity index (χ1n) is 16.6. The Hall–Kier alpha value is -3.58. The molecule has 0 N–H and O–H groups in total. The van der Waals surface area contributed by atoms with E-state index in [-0.39, 0.29) is 58.2 Å². The standard InChI is InChI=1S/C38H37NO5S/c1-19(2)39-32-33(44-37(41)27-18-26-22-13-5-7-15-24(22)29(27)25-16-8-6-14-23(25)26)35-31(30(36(39)40)34(32)45-35)38(42)43-28-17-9-11-20-10-3-4-12-21(20)28/h5-9,11,13-17,19,26-27,29-35H,3-4,10,12,18H2,1-2H3. The van der Waals surface area contributed by atoms with Gasteiger partial charge >= 0.3 is 11.9 Å². The van der Waals surface area contributed by atoms with Crippen LogP contribution in [0.5, 0.6) is 5.75 Å². The zero-order chi connectivity index (χ0) is 30.6. The Morgan fingerprint density at radius 3 is 2.24 bits per heavy atom. The van der Waals surface area contributed by atoms with Crippen LogP contribution in [0.25, 0.3) is 0 Å². The lowest BCUT2D eigenvalue weighted by Gasteiger charge is -2.45. The topological polar surface area (TPSA) is 72.9 Å². The summed E-state index contributed by atoms with van der Waals surface area (Å²) in [4.78, 5) is 44.3. The minimum absolute atomic E-state index is 0.00910. The van der Waals surface area contributed by atoms with Gasteiger partial charge in [-0.15, -0.1) is 11.8 Å². The average molecular weight is 620 g/mol. The maximum atomic E-state index is 14.3. The summed E-state index contributed by atoms with van der Waals surface area (Å²) in [5, 5.41) is -0.400. The second-order valence-corrected chi connectivity index (χ2v) is 15.4. The van der Waals surface area contributed by atoms with E-state index in [9.17, 15) is 14.4 Å². The fourth-order valence-electron chi connectivity index (χ4n) is 9.77. The van der Waals surface area contributed by atoms with Crippen molar-refractivity contribution in [1.82, 2.24) is 4.90 Å². The van der Waals surface area contributed by atoms with E-state index in [1.165, 1.54) is 27.8 Å². The van der Waals surface area contributed by atoms with Crippen LogP contribution in [0.3, 0.4) is 0 Å². The number of nitrogens with zero attached hydrogens (tertiary/aromatic N) is 1. The van der Waals surface area contributed by atoms with Gasteiger partial charge in [0.25, 0.3) is 0 Å². The van der Waals surface area contributed by atoms with Gasteiger partial charge in [-0.2, -0.15) is 0 Å². The molecule has 7 heteroatoms. The van der Waals surface area contributed by atoms with Gasteiger partial charge in [0.15, 0.2) is 0 Å². The van der Waals surface area contributed by atoms with E-state index in [1.807, 2.05) is 30.9 Å². The Bertz CT molecular complexity index is 1700. The number of hydrogen-bond acceptors (Lipinski definition) is 6. The Morgan fingerprint density at radius 2 is 1.53 bits per heavy atom. The van der Waals surface area contributed by atoms with Crippen LogP contribution in [0.1, 0.15) is 78.3 Å². The fraction of sp³-hybridized carbons (Fsp3) is 0.447. The van der Waals surface area contributed by atoms with Gasteiger partial charge in [-0.1, -0.05) is 60.7 Å². The highest BCUT2D eigenvalue weighted by Gasteiger charge is 2.72. The van der Waals surface area contributed by atoms with Gasteiger partial charge in [0.2, 0.25) is 5.91 Å². The van der Waals surface area contributed by atoms with E-state index in [1.54, 1.807) is 11.8 Å². The summed E-state index contributed by atoms with van der Waals surface area (Å²) in [5.74, 6) is -1.28. The summed E-state index contributed by atoms with van der Waals surface area (Å²) >= 11 is 1.66. The van der Waals surface area contributed by atoms with E-state index < -0.39 is 17.9 Å². The van der Waals surface area contributed by atoms with Crippen molar-refractivity contribution in [3.05, 3.63) is 100 Å². The van der Waals surface area contributed by atoms with Crippen molar-refractivity contribution in [3.8, 4) is 5.75 Å². The number of thioether (sulfide) groups is 1. The van der Waals surface area contributed by atoms with Crippen molar-refractivity contribution >= 4 is 29.6 Å². The van der Waals surface area contributed by atoms with Crippen molar-refractivity contribution in [1.29, 1.82) is 0 Å². The highest BCUT2D eigenvalue weighted by molar-refractivity contribution is 8.01. The number of likely N-dealkylation sites (tertiary alicyclic amines) is 1. The second kappa shape index (κ2) is 10.2. The number of carbonyl (C=O) groups excluding carboxylic acids is 3. The molecule has 0 spiro atoms. The van der Waals surface area contributed by atoms with E-state index in [4.69, 9.17) is 9.47 Å². The summed E-state index contributed by atoms with van der Waals surface area (Å²) in [6, 6.07) is 22.7. The van der Waals surface area contributed by atoms with Crippen molar-refractivity contribution in [2.24, 2.45) is 17.8 Å². The van der Waals surface area contributed by atoms with Crippen LogP contribution < -0.4 is 4.74 Å². The quantitative estimate of drug-likeness (QED) is 0.257. The number of amides is 1. The summed E-state index contributed by atoms with van der Waals surface area (Å²) < 4.78 is 12.8. The van der Waals surface area contributed by atoms with E-state index >= 15 is 0 Å². The predicted octanol–water partition coefficient (Wildman–Crippen LogP) is 6.03. The monoisotopic (exact) mass is 619 g/mol. The van der Waals surface area contributed by atoms with Crippen molar-refractivity contribution < 1.29 is 23.9 Å². The van der Waals surface area contributed by atoms with Crippen molar-refractivity contribution in [3.63, 3.8) is 0 Å². The maximum Gasteiger partial charge on any atom is 0.316 e. The summed E-state index contributed by atoms with van der Waals surface area (Å²) in [7, 11) is 0. The van der Waals surface area contributed by atoms with Crippen molar-refractivity contribution in [2.45, 2.75) is 86.5 Å². The molecular weight excluding hydrogens is 582 g/mol. The zero-order valence-electron chi connectivity index (χ0n) is 25.6. The average Bonchev–Trinajstić information content (AvgIpc) is 3.68. The molecule has 3 aromatic rings. The molecule has 0 saturated carbocycles. The SMILES string of the molecule is CC(C)N1C(=O)C2C3SC(C(OC(=O)C4CC5c6ccccc6C4c4ccccc45)C31)C2C(=O)Oc1cccc2c1CCCC2. The summed E-state index contributed by atoms with van der Waals surface area (Å²) in [6.07, 6.45) is 4.26. The third-order valence-corrected chi connectivity index (χ3v) is 13.3. The Kier molecular flexibility index (Phi) is 6.29. The fourth-order valence-corrected chi connectivity index (χ4v) is 11.9. The van der Waals surface area contributed by atoms with Crippen LogP contribution >= 0.6 is 11.8 Å². The van der Waals surface area contributed by atoms with E-state index in [0.29, 0.717) is 12.2 Å². The second-order valence-electron chi connectivity index (χ2n) is 14.0. The highest BCUT2D eigenvalue weighted by Crippen LogP contribution is 2.61. The van der Waals surface area contributed by atoms with Gasteiger partial charge in [-0.25, -0.2) is 0 Å². The molecule has 7 aliphatic rings. The Morgan fingerprint density at radius 1 is 0.844 bits per heavy atom. The zero-order valence-corrected chi connectivity index (χ0v) is 26.4. The molecule has 0 aromatic heterocycles. The van der Waals surface area contributed by atoms with E-state index in [2.05, 4.69) is 54.6 Å². The molecule has 4 bridgehead atoms. The van der Waals surface area contributed by atoms with Crippen LogP contribution in [0.15, 0.2) is 66.7 Å². The van der Waals surface area contributed by atoms with Crippen LogP contribution in [0.4, 0.5) is 0 Å². The van der Waals surface area contributed by atoms with Gasteiger partial charge in [-0.3, -0.25) is 14.4 Å². The number of benzene rings is 3. The lowest BCUT2D eigenvalue weighted by molar-refractivity contribution is -0.161. The number of esters is 2. The molecule has 3 saturated heterocycles. The first-order valence-corrected chi connectivity index (χ1v) is 17.5. The van der Waals surface area contributed by atoms with Gasteiger partial charge in [-0.05, 0) is 85.4 Å². The van der Waals surface area contributed by atoms with Gasteiger partial charge in [0.05, 0.1) is 29.0 Å². The number of carbonyl (C=O) groups is 3. The Balaban J connectivity index is 1.03. The molecule has 4 aliphatic carbocycles. The number of aryl methyl sites for hydroxylation is 1. The predicted molar refractivity (Wildman–Crippen MR) is 171 cm³/mol. The molecule has 3 fully saturated rings. The number of hydrogen-bond donors (Lipinski definition) is 0. The molecule has 3 aliphatic heterocycles. The molecule has 6 nitrogen and oxygen atoms in total. The normalized spacial score (nSPS) is 33.2. The summed E-state index contributed by atoms with van der Waals surface area (Å²) in [6.45, 7) is 4.02. The Labute approximate surface area is 267 Å². The molecule has 0 radical (unpaired) electrons.